The van der Waals surface area contributed by atoms with Gasteiger partial charge in [-0.15, -0.1) is 0 Å². The molecule has 0 aliphatic carbocycles. The summed E-state index contributed by atoms with van der Waals surface area (Å²) in [5, 5.41) is 7.90. The molecule has 6 heteroatoms. The van der Waals surface area contributed by atoms with Crippen molar-refractivity contribution in [1.29, 1.82) is 0 Å². The summed E-state index contributed by atoms with van der Waals surface area (Å²) in [6.07, 6.45) is 11.0. The maximum Gasteiger partial charge on any atom is 0.232 e. The molecule has 1 N–H and O–H groups in total. The van der Waals surface area contributed by atoms with E-state index in [0.29, 0.717) is 24.4 Å². The highest BCUT2D eigenvalue weighted by molar-refractivity contribution is 6.29. The minimum Gasteiger partial charge on any atom is -0.346 e. The molecule has 2 aromatic heterocycles. The maximum atomic E-state index is 13.1. The molecule has 2 aromatic rings. The summed E-state index contributed by atoms with van der Waals surface area (Å²) >= 11 is 6.19. The minimum absolute atomic E-state index is 0.0397. The van der Waals surface area contributed by atoms with E-state index in [1.807, 2.05) is 45.4 Å². The first kappa shape index (κ1) is 19.6. The van der Waals surface area contributed by atoms with Crippen molar-refractivity contribution in [2.75, 3.05) is 0 Å². The molecular formula is C21H27ClN4O. The molecule has 1 aliphatic heterocycles. The van der Waals surface area contributed by atoms with Crippen LogP contribution in [0.25, 0.3) is 0 Å². The molecule has 27 heavy (non-hydrogen) atoms. The van der Waals surface area contributed by atoms with Crippen molar-refractivity contribution in [3.05, 3.63) is 58.7 Å². The summed E-state index contributed by atoms with van der Waals surface area (Å²) in [7, 11) is 1.91. The maximum absolute atomic E-state index is 13.1. The van der Waals surface area contributed by atoms with Crippen molar-refractivity contribution < 1.29 is 4.79 Å². The Morgan fingerprint density at radius 3 is 2.63 bits per heavy atom. The number of carbonyl (C=O) groups is 1. The van der Waals surface area contributed by atoms with E-state index >= 15 is 0 Å². The molecule has 3 rings (SSSR count). The zero-order valence-electron chi connectivity index (χ0n) is 16.4. The van der Waals surface area contributed by atoms with E-state index in [0.717, 1.165) is 23.2 Å². The van der Waals surface area contributed by atoms with E-state index in [1.165, 1.54) is 0 Å². The predicted molar refractivity (Wildman–Crippen MR) is 108 cm³/mol. The Kier molecular flexibility index (Phi) is 5.43. The third kappa shape index (κ3) is 3.53. The number of halogens is 1. The molecule has 1 unspecified atom stereocenters. The van der Waals surface area contributed by atoms with Gasteiger partial charge in [0, 0.05) is 18.8 Å². The second-order valence-electron chi connectivity index (χ2n) is 7.51. The van der Waals surface area contributed by atoms with Crippen LogP contribution in [0.1, 0.15) is 56.9 Å². The number of hydrogen-bond donors (Lipinski definition) is 1. The summed E-state index contributed by atoms with van der Waals surface area (Å²) in [4.78, 5) is 17.7. The van der Waals surface area contributed by atoms with E-state index in [4.69, 9.17) is 11.6 Å². The molecule has 0 saturated heterocycles. The van der Waals surface area contributed by atoms with Gasteiger partial charge in [-0.2, -0.15) is 5.10 Å². The van der Waals surface area contributed by atoms with Gasteiger partial charge in [0.1, 0.15) is 5.15 Å². The van der Waals surface area contributed by atoms with Gasteiger partial charge < -0.3 is 5.32 Å². The van der Waals surface area contributed by atoms with Crippen molar-refractivity contribution in [3.8, 4) is 0 Å². The summed E-state index contributed by atoms with van der Waals surface area (Å²) < 4.78 is 1.80. The number of nitrogens with zero attached hydrogens (tertiary/aromatic N) is 3. The van der Waals surface area contributed by atoms with Gasteiger partial charge in [0.05, 0.1) is 22.8 Å². The molecular weight excluding hydrogens is 360 g/mol. The Hall–Kier alpha value is -2.14. The fraction of sp³-hybridized carbons (Fsp3) is 0.476. The Balaban J connectivity index is 1.89. The Morgan fingerprint density at radius 1 is 1.26 bits per heavy atom. The second kappa shape index (κ2) is 7.47. The van der Waals surface area contributed by atoms with Crippen LogP contribution >= 0.6 is 11.6 Å². The molecule has 0 radical (unpaired) electrons. The summed E-state index contributed by atoms with van der Waals surface area (Å²) in [5.41, 5.74) is 1.94. The number of rotatable bonds is 6. The van der Waals surface area contributed by atoms with E-state index in [-0.39, 0.29) is 5.91 Å². The highest BCUT2D eigenvalue weighted by Gasteiger charge is 2.49. The lowest BCUT2D eigenvalue weighted by Crippen LogP contribution is -2.58. The fourth-order valence-electron chi connectivity index (χ4n) is 3.97. The van der Waals surface area contributed by atoms with Crippen molar-refractivity contribution in [2.24, 2.45) is 7.05 Å². The van der Waals surface area contributed by atoms with Crippen LogP contribution in [0.15, 0.2) is 36.7 Å². The SMILES string of the molecule is CCC1(CC)C(=O)NC(C)(C/C=C\Cc2cnn(C)c2)c2ccc(Cl)nc21. The molecule has 0 aromatic carbocycles. The number of hydrogen-bond acceptors (Lipinski definition) is 3. The molecule has 0 bridgehead atoms. The number of fused-ring (bicyclic) bond motifs is 1. The van der Waals surface area contributed by atoms with Gasteiger partial charge in [-0.1, -0.05) is 43.7 Å². The predicted octanol–water partition coefficient (Wildman–Crippen LogP) is 4.06. The van der Waals surface area contributed by atoms with Gasteiger partial charge in [0.2, 0.25) is 5.91 Å². The molecule has 0 fully saturated rings. The van der Waals surface area contributed by atoms with E-state index in [9.17, 15) is 4.79 Å². The largest absolute Gasteiger partial charge is 0.346 e. The molecule has 5 nitrogen and oxygen atoms in total. The van der Waals surface area contributed by atoms with Crippen molar-refractivity contribution in [1.82, 2.24) is 20.1 Å². The van der Waals surface area contributed by atoms with E-state index in [2.05, 4.69) is 34.5 Å². The lowest BCUT2D eigenvalue weighted by molar-refractivity contribution is -0.130. The van der Waals surface area contributed by atoms with Gasteiger partial charge in [0.25, 0.3) is 0 Å². The second-order valence-corrected chi connectivity index (χ2v) is 7.89. The Morgan fingerprint density at radius 2 is 2.00 bits per heavy atom. The average Bonchev–Trinajstić information content (AvgIpc) is 3.05. The smallest absolute Gasteiger partial charge is 0.232 e. The Bertz CT molecular complexity index is 869. The van der Waals surface area contributed by atoms with E-state index < -0.39 is 11.0 Å². The molecule has 144 valence electrons. The average molecular weight is 387 g/mol. The molecule has 0 spiro atoms. The fourth-order valence-corrected chi connectivity index (χ4v) is 4.12. The molecule has 1 amide bonds. The summed E-state index contributed by atoms with van der Waals surface area (Å²) in [5.74, 6) is 0.0397. The van der Waals surface area contributed by atoms with Gasteiger partial charge in [-0.05, 0) is 44.2 Å². The number of aromatic nitrogens is 3. The lowest BCUT2D eigenvalue weighted by Gasteiger charge is -2.44. The van der Waals surface area contributed by atoms with Crippen molar-refractivity contribution in [3.63, 3.8) is 0 Å². The van der Waals surface area contributed by atoms with Crippen molar-refractivity contribution >= 4 is 17.5 Å². The molecule has 1 aliphatic rings. The number of allylic oxidation sites excluding steroid dienone is 1. The third-order valence-electron chi connectivity index (χ3n) is 5.74. The van der Waals surface area contributed by atoms with Crippen LogP contribution in [-0.2, 0) is 29.2 Å². The zero-order valence-corrected chi connectivity index (χ0v) is 17.2. The first-order valence-corrected chi connectivity index (χ1v) is 9.85. The van der Waals surface area contributed by atoms with Crippen molar-refractivity contribution in [2.45, 2.75) is 57.4 Å². The van der Waals surface area contributed by atoms with Gasteiger partial charge in [-0.3, -0.25) is 9.48 Å². The standard InChI is InChI=1S/C21H27ClN4O/c1-5-21(6-2)18-16(10-11-17(22)24-18)20(3,25-19(21)27)12-8-7-9-15-13-23-26(4)14-15/h7-8,10-11,13-14H,5-6,9,12H2,1-4H3,(H,25,27)/b8-7-. The van der Waals surface area contributed by atoms with Crippen LogP contribution in [0, 0.1) is 0 Å². The number of aryl methyl sites for hydroxylation is 1. The number of carbonyl (C=O) groups excluding carboxylic acids is 1. The first-order valence-electron chi connectivity index (χ1n) is 9.47. The molecule has 0 saturated carbocycles. The minimum atomic E-state index is -0.612. The van der Waals surface area contributed by atoms with Crippen LogP contribution in [0.2, 0.25) is 5.15 Å². The van der Waals surface area contributed by atoms with Crippen LogP contribution in [-0.4, -0.2) is 20.7 Å². The van der Waals surface area contributed by atoms with Gasteiger partial charge >= 0.3 is 0 Å². The molecule has 3 heterocycles. The quantitative estimate of drug-likeness (QED) is 0.601. The number of nitrogens with one attached hydrogen (secondary N) is 1. The monoisotopic (exact) mass is 386 g/mol. The number of pyridine rings is 1. The van der Waals surface area contributed by atoms with Crippen LogP contribution in [0.5, 0.6) is 0 Å². The first-order chi connectivity index (χ1) is 12.8. The number of amides is 1. The lowest BCUT2D eigenvalue weighted by atomic mass is 9.68. The highest BCUT2D eigenvalue weighted by Crippen LogP contribution is 2.43. The Labute approximate surface area is 165 Å². The van der Waals surface area contributed by atoms with Crippen LogP contribution < -0.4 is 5.32 Å². The van der Waals surface area contributed by atoms with Gasteiger partial charge in [-0.25, -0.2) is 4.98 Å². The van der Waals surface area contributed by atoms with Crippen LogP contribution in [0.4, 0.5) is 0 Å². The summed E-state index contributed by atoms with van der Waals surface area (Å²) in [6.45, 7) is 6.13. The third-order valence-corrected chi connectivity index (χ3v) is 5.96. The van der Waals surface area contributed by atoms with Crippen LogP contribution in [0.3, 0.4) is 0 Å². The molecule has 1 atom stereocenters. The zero-order chi connectivity index (χ0) is 19.7. The topological polar surface area (TPSA) is 59.8 Å². The van der Waals surface area contributed by atoms with E-state index in [1.54, 1.807) is 4.68 Å². The van der Waals surface area contributed by atoms with Gasteiger partial charge in [0.15, 0.2) is 0 Å². The normalized spacial score (nSPS) is 21.3. The summed E-state index contributed by atoms with van der Waals surface area (Å²) in [6, 6.07) is 3.82. The highest BCUT2D eigenvalue weighted by atomic mass is 35.5.